The van der Waals surface area contributed by atoms with Gasteiger partial charge in [-0.05, 0) is 57.3 Å². The molecule has 20 heavy (non-hydrogen) atoms. The number of methoxy groups -OCH3 is 1. The third-order valence-corrected chi connectivity index (χ3v) is 4.32. The Balaban J connectivity index is 2.16. The van der Waals surface area contributed by atoms with Crippen LogP contribution in [0.3, 0.4) is 0 Å². The summed E-state index contributed by atoms with van der Waals surface area (Å²) in [6.07, 6.45) is 3.44. The maximum absolute atomic E-state index is 14.2. The molecule has 1 heterocycles. The van der Waals surface area contributed by atoms with Crippen molar-refractivity contribution in [3.63, 3.8) is 0 Å². The van der Waals surface area contributed by atoms with Crippen molar-refractivity contribution in [1.82, 2.24) is 4.90 Å². The van der Waals surface area contributed by atoms with E-state index in [1.807, 2.05) is 6.07 Å². The third kappa shape index (κ3) is 3.30. The maximum Gasteiger partial charge on any atom is 0.131 e. The summed E-state index contributed by atoms with van der Waals surface area (Å²) in [4.78, 5) is 2.35. The molecule has 1 aromatic rings. The zero-order chi connectivity index (χ0) is 14.5. The number of benzene rings is 1. The van der Waals surface area contributed by atoms with Gasteiger partial charge < -0.3 is 10.5 Å². The number of nitrogens with zero attached hydrogens (tertiary/aromatic N) is 1. The van der Waals surface area contributed by atoms with E-state index in [4.69, 9.17) is 10.5 Å². The summed E-state index contributed by atoms with van der Waals surface area (Å²) >= 11 is 0. The quantitative estimate of drug-likeness (QED) is 0.901. The van der Waals surface area contributed by atoms with Crippen molar-refractivity contribution >= 4 is 0 Å². The molecule has 1 aliphatic heterocycles. The van der Waals surface area contributed by atoms with E-state index in [1.54, 1.807) is 13.2 Å². The van der Waals surface area contributed by atoms with E-state index >= 15 is 0 Å². The molecule has 1 aliphatic rings. The Bertz CT molecular complexity index is 436. The minimum Gasteiger partial charge on any atom is -0.496 e. The van der Waals surface area contributed by atoms with Gasteiger partial charge in [-0.15, -0.1) is 0 Å². The topological polar surface area (TPSA) is 38.5 Å². The average molecular weight is 280 g/mol. The van der Waals surface area contributed by atoms with E-state index in [1.165, 1.54) is 12.5 Å². The van der Waals surface area contributed by atoms with Crippen LogP contribution in [0.4, 0.5) is 4.39 Å². The number of piperidine rings is 1. The lowest BCUT2D eigenvalue weighted by Gasteiger charge is -2.37. The van der Waals surface area contributed by atoms with Crippen molar-refractivity contribution in [2.75, 3.05) is 26.7 Å². The van der Waals surface area contributed by atoms with Crippen LogP contribution in [0.25, 0.3) is 0 Å². The van der Waals surface area contributed by atoms with Gasteiger partial charge in [0.25, 0.3) is 0 Å². The lowest BCUT2D eigenvalue weighted by atomic mass is 9.92. The zero-order valence-corrected chi connectivity index (χ0v) is 12.4. The molecule has 0 radical (unpaired) electrons. The maximum atomic E-state index is 14.2. The van der Waals surface area contributed by atoms with Crippen molar-refractivity contribution in [3.05, 3.63) is 29.6 Å². The molecular formula is C16H25FN2O. The monoisotopic (exact) mass is 280 g/mol. The number of hydrogen-bond donors (Lipinski definition) is 1. The second-order valence-corrected chi connectivity index (χ2v) is 5.61. The normalized spacial score (nSPS) is 21.7. The Morgan fingerprint density at radius 3 is 3.00 bits per heavy atom. The lowest BCUT2D eigenvalue weighted by molar-refractivity contribution is 0.124. The van der Waals surface area contributed by atoms with Gasteiger partial charge >= 0.3 is 0 Å². The summed E-state index contributed by atoms with van der Waals surface area (Å²) in [7, 11) is 1.60. The largest absolute Gasteiger partial charge is 0.496 e. The molecule has 4 heteroatoms. The molecular weight excluding hydrogens is 255 g/mol. The third-order valence-electron chi connectivity index (χ3n) is 4.32. The first-order valence-electron chi connectivity index (χ1n) is 7.44. The number of rotatable bonds is 5. The summed E-state index contributed by atoms with van der Waals surface area (Å²) in [5, 5.41) is 0. The summed E-state index contributed by atoms with van der Waals surface area (Å²) in [6, 6.07) is 5.07. The van der Waals surface area contributed by atoms with Gasteiger partial charge in [0.05, 0.1) is 7.11 Å². The first-order chi connectivity index (χ1) is 9.67. The van der Waals surface area contributed by atoms with E-state index in [-0.39, 0.29) is 11.9 Å². The highest BCUT2D eigenvalue weighted by atomic mass is 19.1. The molecule has 2 unspecified atom stereocenters. The first-order valence-corrected chi connectivity index (χ1v) is 7.44. The Labute approximate surface area is 120 Å². The fourth-order valence-electron chi connectivity index (χ4n) is 3.20. The molecule has 0 aromatic heterocycles. The molecule has 3 nitrogen and oxygen atoms in total. The molecule has 2 N–H and O–H groups in total. The molecule has 1 saturated heterocycles. The fourth-order valence-corrected chi connectivity index (χ4v) is 3.20. The number of hydrogen-bond acceptors (Lipinski definition) is 3. The minimum atomic E-state index is -0.183. The number of halogens is 1. The zero-order valence-electron chi connectivity index (χ0n) is 12.4. The number of likely N-dealkylation sites (tertiary alicyclic amines) is 1. The highest BCUT2D eigenvalue weighted by molar-refractivity contribution is 5.37. The summed E-state index contributed by atoms with van der Waals surface area (Å²) in [5.41, 5.74) is 6.33. The van der Waals surface area contributed by atoms with Gasteiger partial charge in [0, 0.05) is 18.2 Å². The summed E-state index contributed by atoms with van der Waals surface area (Å²) in [5.74, 6) is 1.09. The van der Waals surface area contributed by atoms with Crippen LogP contribution >= 0.6 is 0 Å². The van der Waals surface area contributed by atoms with Gasteiger partial charge in [-0.1, -0.05) is 6.07 Å². The summed E-state index contributed by atoms with van der Waals surface area (Å²) in [6.45, 7) is 4.80. The van der Waals surface area contributed by atoms with Crippen LogP contribution < -0.4 is 10.5 Å². The van der Waals surface area contributed by atoms with E-state index in [0.717, 1.165) is 32.5 Å². The van der Waals surface area contributed by atoms with Crippen molar-refractivity contribution in [1.29, 1.82) is 0 Å². The predicted octanol–water partition coefficient (Wildman–Crippen LogP) is 2.96. The van der Waals surface area contributed by atoms with Crippen molar-refractivity contribution < 1.29 is 9.13 Å². The minimum absolute atomic E-state index is 0.0340. The summed E-state index contributed by atoms with van der Waals surface area (Å²) < 4.78 is 19.5. The fraction of sp³-hybridized carbons (Fsp3) is 0.625. The number of nitrogens with two attached hydrogens (primary N) is 1. The van der Waals surface area contributed by atoms with E-state index in [0.29, 0.717) is 17.2 Å². The SMILES string of the molecule is COc1cccc(F)c1C(C)N1CCCC(CCN)C1. The highest BCUT2D eigenvalue weighted by Crippen LogP contribution is 2.34. The molecule has 2 rings (SSSR count). The van der Waals surface area contributed by atoms with E-state index in [2.05, 4.69) is 11.8 Å². The molecule has 0 saturated carbocycles. The van der Waals surface area contributed by atoms with Gasteiger partial charge in [-0.2, -0.15) is 0 Å². The molecule has 0 spiro atoms. The van der Waals surface area contributed by atoms with Crippen LogP contribution in [0, 0.1) is 11.7 Å². The van der Waals surface area contributed by atoms with Gasteiger partial charge in [-0.3, -0.25) is 4.90 Å². The highest BCUT2D eigenvalue weighted by Gasteiger charge is 2.27. The molecule has 0 aliphatic carbocycles. The lowest BCUT2D eigenvalue weighted by Crippen LogP contribution is -2.38. The smallest absolute Gasteiger partial charge is 0.131 e. The van der Waals surface area contributed by atoms with Crippen molar-refractivity contribution in [2.24, 2.45) is 11.7 Å². The second kappa shape index (κ2) is 7.04. The standard InChI is InChI=1S/C16H25FN2O/c1-12(16-14(17)6-3-7-15(16)20-2)19-10-4-5-13(11-19)8-9-18/h3,6-7,12-13H,4-5,8-11,18H2,1-2H3. The molecule has 0 bridgehead atoms. The molecule has 1 fully saturated rings. The van der Waals surface area contributed by atoms with Crippen molar-refractivity contribution in [2.45, 2.75) is 32.2 Å². The Morgan fingerprint density at radius 1 is 1.50 bits per heavy atom. The van der Waals surface area contributed by atoms with E-state index in [9.17, 15) is 4.39 Å². The molecule has 2 atom stereocenters. The predicted molar refractivity (Wildman–Crippen MR) is 79.3 cm³/mol. The van der Waals surface area contributed by atoms with Crippen LogP contribution in [-0.2, 0) is 0 Å². The van der Waals surface area contributed by atoms with Crippen LogP contribution in [-0.4, -0.2) is 31.6 Å². The van der Waals surface area contributed by atoms with Gasteiger partial charge in [0.1, 0.15) is 11.6 Å². The first kappa shape index (κ1) is 15.3. The van der Waals surface area contributed by atoms with Crippen molar-refractivity contribution in [3.8, 4) is 5.75 Å². The van der Waals surface area contributed by atoms with Crippen LogP contribution in [0.5, 0.6) is 5.75 Å². The Hall–Kier alpha value is -1.13. The van der Waals surface area contributed by atoms with Crippen LogP contribution in [0.2, 0.25) is 0 Å². The van der Waals surface area contributed by atoms with Gasteiger partial charge in [0.2, 0.25) is 0 Å². The van der Waals surface area contributed by atoms with Crippen LogP contribution in [0.1, 0.15) is 37.8 Å². The molecule has 112 valence electrons. The van der Waals surface area contributed by atoms with Crippen LogP contribution in [0.15, 0.2) is 18.2 Å². The average Bonchev–Trinajstić information content (AvgIpc) is 2.47. The second-order valence-electron chi connectivity index (χ2n) is 5.61. The Kier molecular flexibility index (Phi) is 5.38. The van der Waals surface area contributed by atoms with Gasteiger partial charge in [-0.25, -0.2) is 4.39 Å². The Morgan fingerprint density at radius 2 is 2.30 bits per heavy atom. The molecule has 1 aromatic carbocycles. The van der Waals surface area contributed by atoms with E-state index < -0.39 is 0 Å². The number of ether oxygens (including phenoxy) is 1. The molecule has 0 amide bonds. The van der Waals surface area contributed by atoms with Gasteiger partial charge in [0.15, 0.2) is 0 Å².